The van der Waals surface area contributed by atoms with E-state index in [-0.39, 0.29) is 5.28 Å². The Balaban J connectivity index is 1.82. The molecule has 138 valence electrons. The predicted molar refractivity (Wildman–Crippen MR) is 101 cm³/mol. The maximum Gasteiger partial charge on any atom is 0.332 e. The first-order chi connectivity index (χ1) is 12.3. The van der Waals surface area contributed by atoms with E-state index in [1.807, 2.05) is 32.0 Å². The Morgan fingerprint density at radius 1 is 1.15 bits per heavy atom. The van der Waals surface area contributed by atoms with E-state index < -0.39 is 11.2 Å². The number of aryl methyl sites for hydroxylation is 4. The second-order valence-electron chi connectivity index (χ2n) is 6.38. The van der Waals surface area contributed by atoms with Crippen LogP contribution >= 0.6 is 11.6 Å². The third-order valence-electron chi connectivity index (χ3n) is 4.43. The maximum absolute atomic E-state index is 12.5. The number of nitrogens with zero attached hydrogens (tertiary/aromatic N) is 4. The molecular weight excluding hydrogens is 356 g/mol. The highest BCUT2D eigenvalue weighted by Gasteiger charge is 2.17. The standard InChI is InChI=1S/C18H21ClN4O3/c1-11-6-7-12(2)13(10-11)26-9-5-8-23-14-15(20-17(23)19)21(3)18(25)22(4)16(14)24/h6-7,10H,5,8-9H2,1-4H3. The summed E-state index contributed by atoms with van der Waals surface area (Å²) in [6.07, 6.45) is 0.643. The molecule has 0 fully saturated rings. The molecule has 2 heterocycles. The number of hydrogen-bond acceptors (Lipinski definition) is 4. The van der Waals surface area contributed by atoms with Crippen molar-refractivity contribution in [3.63, 3.8) is 0 Å². The van der Waals surface area contributed by atoms with Gasteiger partial charge in [-0.25, -0.2) is 4.79 Å². The van der Waals surface area contributed by atoms with Gasteiger partial charge >= 0.3 is 5.69 Å². The lowest BCUT2D eigenvalue weighted by Gasteiger charge is -2.11. The van der Waals surface area contributed by atoms with Crippen molar-refractivity contribution in [2.45, 2.75) is 26.8 Å². The van der Waals surface area contributed by atoms with E-state index in [4.69, 9.17) is 16.3 Å². The molecule has 0 N–H and O–H groups in total. The minimum Gasteiger partial charge on any atom is -0.493 e. The van der Waals surface area contributed by atoms with Gasteiger partial charge in [0.1, 0.15) is 5.75 Å². The summed E-state index contributed by atoms with van der Waals surface area (Å²) in [4.78, 5) is 28.7. The maximum atomic E-state index is 12.5. The summed E-state index contributed by atoms with van der Waals surface area (Å²) in [5.41, 5.74) is 1.99. The van der Waals surface area contributed by atoms with Crippen LogP contribution in [0.1, 0.15) is 17.5 Å². The Labute approximate surface area is 155 Å². The van der Waals surface area contributed by atoms with Crippen LogP contribution in [-0.4, -0.2) is 25.3 Å². The Morgan fingerprint density at radius 3 is 2.62 bits per heavy atom. The zero-order chi connectivity index (χ0) is 19.0. The van der Waals surface area contributed by atoms with Crippen molar-refractivity contribution in [1.29, 1.82) is 0 Å². The normalized spacial score (nSPS) is 11.3. The lowest BCUT2D eigenvalue weighted by molar-refractivity contribution is 0.300. The molecule has 0 saturated carbocycles. The van der Waals surface area contributed by atoms with Gasteiger partial charge in [0, 0.05) is 20.6 Å². The molecule has 0 aliphatic rings. The zero-order valence-electron chi connectivity index (χ0n) is 15.2. The number of rotatable bonds is 5. The van der Waals surface area contributed by atoms with Gasteiger partial charge in [-0.2, -0.15) is 4.98 Å². The van der Waals surface area contributed by atoms with Gasteiger partial charge in [-0.15, -0.1) is 0 Å². The molecule has 0 aliphatic heterocycles. The molecule has 7 nitrogen and oxygen atoms in total. The molecule has 0 unspecified atom stereocenters. The molecule has 0 amide bonds. The molecule has 3 rings (SSSR count). The van der Waals surface area contributed by atoms with Crippen molar-refractivity contribution < 1.29 is 4.74 Å². The average Bonchev–Trinajstić information content (AvgIpc) is 2.94. The van der Waals surface area contributed by atoms with Gasteiger partial charge in [-0.05, 0) is 49.1 Å². The topological polar surface area (TPSA) is 71.1 Å². The largest absolute Gasteiger partial charge is 0.493 e. The lowest BCUT2D eigenvalue weighted by atomic mass is 10.1. The van der Waals surface area contributed by atoms with Crippen molar-refractivity contribution in [3.8, 4) is 5.75 Å². The van der Waals surface area contributed by atoms with Gasteiger partial charge in [0.2, 0.25) is 5.28 Å². The van der Waals surface area contributed by atoms with Crippen LogP contribution in [0.25, 0.3) is 11.2 Å². The number of halogens is 1. The fraction of sp³-hybridized carbons (Fsp3) is 0.389. The van der Waals surface area contributed by atoms with E-state index in [0.717, 1.165) is 21.4 Å². The summed E-state index contributed by atoms with van der Waals surface area (Å²) in [5, 5.41) is 0.185. The first-order valence-corrected chi connectivity index (χ1v) is 8.71. The molecule has 2 aromatic heterocycles. The van der Waals surface area contributed by atoms with E-state index in [9.17, 15) is 9.59 Å². The Morgan fingerprint density at radius 2 is 1.88 bits per heavy atom. The number of fused-ring (bicyclic) bond motifs is 1. The van der Waals surface area contributed by atoms with Gasteiger partial charge in [-0.1, -0.05) is 12.1 Å². The first kappa shape index (κ1) is 18.3. The van der Waals surface area contributed by atoms with Crippen molar-refractivity contribution >= 4 is 22.8 Å². The first-order valence-electron chi connectivity index (χ1n) is 8.33. The minimum absolute atomic E-state index is 0.185. The molecule has 0 atom stereocenters. The fourth-order valence-electron chi connectivity index (χ4n) is 2.89. The molecule has 0 radical (unpaired) electrons. The average molecular weight is 377 g/mol. The molecule has 0 spiro atoms. The molecular formula is C18H21ClN4O3. The van der Waals surface area contributed by atoms with Gasteiger partial charge < -0.3 is 9.30 Å². The summed E-state index contributed by atoms with van der Waals surface area (Å²) in [5.74, 6) is 0.852. The molecule has 1 aromatic carbocycles. The van der Waals surface area contributed by atoms with Gasteiger partial charge in [0.15, 0.2) is 11.2 Å². The smallest absolute Gasteiger partial charge is 0.332 e. The Kier molecular flexibility index (Phi) is 4.91. The third-order valence-corrected chi connectivity index (χ3v) is 4.72. The molecule has 26 heavy (non-hydrogen) atoms. The number of ether oxygens (including phenoxy) is 1. The summed E-state index contributed by atoms with van der Waals surface area (Å²) >= 11 is 6.21. The van der Waals surface area contributed by atoms with Crippen LogP contribution in [0, 0.1) is 13.8 Å². The quantitative estimate of drug-likeness (QED) is 0.505. The highest BCUT2D eigenvalue weighted by atomic mass is 35.5. The van der Waals surface area contributed by atoms with Crippen molar-refractivity contribution in [2.75, 3.05) is 6.61 Å². The summed E-state index contributed by atoms with van der Waals surface area (Å²) < 4.78 is 9.86. The van der Waals surface area contributed by atoms with Gasteiger partial charge in [0.25, 0.3) is 5.56 Å². The van der Waals surface area contributed by atoms with Gasteiger partial charge in [0.05, 0.1) is 6.61 Å². The van der Waals surface area contributed by atoms with Crippen LogP contribution in [0.2, 0.25) is 5.28 Å². The molecule has 8 heteroatoms. The molecule has 3 aromatic rings. The van der Waals surface area contributed by atoms with E-state index in [1.165, 1.54) is 11.6 Å². The van der Waals surface area contributed by atoms with E-state index in [1.54, 1.807) is 11.6 Å². The van der Waals surface area contributed by atoms with Crippen molar-refractivity contribution in [3.05, 3.63) is 55.4 Å². The van der Waals surface area contributed by atoms with Gasteiger partial charge in [-0.3, -0.25) is 13.9 Å². The minimum atomic E-state index is -0.429. The van der Waals surface area contributed by atoms with E-state index >= 15 is 0 Å². The number of imidazole rings is 1. The number of aromatic nitrogens is 4. The second kappa shape index (κ2) is 6.99. The summed E-state index contributed by atoms with van der Waals surface area (Å²) in [7, 11) is 3.01. The SMILES string of the molecule is Cc1ccc(C)c(OCCCn2c(Cl)nc3c2c(=O)n(C)c(=O)n3C)c1. The van der Waals surface area contributed by atoms with E-state index in [2.05, 4.69) is 4.98 Å². The van der Waals surface area contributed by atoms with Crippen LogP contribution in [0.15, 0.2) is 27.8 Å². The van der Waals surface area contributed by atoms with Crippen molar-refractivity contribution in [1.82, 2.24) is 18.7 Å². The second-order valence-corrected chi connectivity index (χ2v) is 6.72. The van der Waals surface area contributed by atoms with E-state index in [0.29, 0.717) is 30.7 Å². The predicted octanol–water partition coefficient (Wildman–Crippen LogP) is 2.17. The highest BCUT2D eigenvalue weighted by molar-refractivity contribution is 6.29. The number of benzene rings is 1. The van der Waals surface area contributed by atoms with Crippen LogP contribution in [-0.2, 0) is 20.6 Å². The van der Waals surface area contributed by atoms with Crippen LogP contribution in [0.5, 0.6) is 5.75 Å². The number of hydrogen-bond donors (Lipinski definition) is 0. The molecule has 0 saturated heterocycles. The Hall–Kier alpha value is -2.54. The fourth-order valence-corrected chi connectivity index (χ4v) is 3.14. The molecule has 0 aliphatic carbocycles. The monoisotopic (exact) mass is 376 g/mol. The third kappa shape index (κ3) is 3.14. The van der Waals surface area contributed by atoms with Crippen LogP contribution in [0.3, 0.4) is 0 Å². The Bertz CT molecular complexity index is 1090. The van der Waals surface area contributed by atoms with Crippen LogP contribution in [0.4, 0.5) is 0 Å². The highest BCUT2D eigenvalue weighted by Crippen LogP contribution is 2.20. The van der Waals surface area contributed by atoms with Crippen LogP contribution < -0.4 is 16.0 Å². The lowest BCUT2D eigenvalue weighted by Crippen LogP contribution is -2.37. The summed E-state index contributed by atoms with van der Waals surface area (Å²) in [6, 6.07) is 6.06. The summed E-state index contributed by atoms with van der Waals surface area (Å²) in [6.45, 7) is 4.96. The molecule has 0 bridgehead atoms. The van der Waals surface area contributed by atoms with Crippen molar-refractivity contribution in [2.24, 2.45) is 14.1 Å². The zero-order valence-corrected chi connectivity index (χ0v) is 16.0.